The number of anilines is 1. The first-order valence-corrected chi connectivity index (χ1v) is 9.90. The minimum Gasteiger partial charge on any atom is -0.322 e. The summed E-state index contributed by atoms with van der Waals surface area (Å²) in [5.74, 6) is -0.605. The number of alkyl halides is 3. The molecule has 1 amide bonds. The second-order valence-corrected chi connectivity index (χ2v) is 8.08. The van der Waals surface area contributed by atoms with Gasteiger partial charge in [-0.15, -0.1) is 0 Å². The van der Waals surface area contributed by atoms with Crippen molar-refractivity contribution in [3.8, 4) is 0 Å². The Balaban J connectivity index is 1.63. The van der Waals surface area contributed by atoms with E-state index < -0.39 is 27.7 Å². The van der Waals surface area contributed by atoms with E-state index in [1.165, 1.54) is 42.5 Å². The van der Waals surface area contributed by atoms with Gasteiger partial charge in [-0.25, -0.2) is 13.1 Å². The highest BCUT2D eigenvalue weighted by Gasteiger charge is 2.30. The van der Waals surface area contributed by atoms with Crippen LogP contribution in [-0.4, -0.2) is 20.4 Å². The summed E-state index contributed by atoms with van der Waals surface area (Å²) in [5, 5.41) is 2.36. The summed E-state index contributed by atoms with van der Waals surface area (Å²) in [4.78, 5) is 12.0. The van der Waals surface area contributed by atoms with Crippen LogP contribution in [0.15, 0.2) is 59.5 Å². The van der Waals surface area contributed by atoms with Crippen LogP contribution in [0.3, 0.4) is 0 Å². The van der Waals surface area contributed by atoms with E-state index in [1.807, 2.05) is 0 Å². The molecule has 0 radical (unpaired) electrons. The predicted octanol–water partition coefficient (Wildman–Crippen LogP) is 3.80. The van der Waals surface area contributed by atoms with Crippen molar-refractivity contribution in [1.29, 1.82) is 0 Å². The first-order chi connectivity index (χ1) is 13.1. The van der Waals surface area contributed by atoms with Gasteiger partial charge in [-0.1, -0.05) is 18.2 Å². The summed E-state index contributed by atoms with van der Waals surface area (Å²) < 4.78 is 64.8. The molecule has 2 N–H and O–H groups in total. The maximum atomic E-state index is 12.7. The van der Waals surface area contributed by atoms with E-state index in [0.29, 0.717) is 5.56 Å². The van der Waals surface area contributed by atoms with Crippen molar-refractivity contribution in [3.63, 3.8) is 0 Å². The SMILES string of the molecule is O=C(/C=C/c1ccc(S(=O)(=O)NC2CC2)cc1)Nc1cccc(C(F)(F)F)c1. The van der Waals surface area contributed by atoms with Gasteiger partial charge in [0.1, 0.15) is 0 Å². The Labute approximate surface area is 160 Å². The van der Waals surface area contributed by atoms with Crippen molar-refractivity contribution in [2.24, 2.45) is 0 Å². The molecule has 0 atom stereocenters. The van der Waals surface area contributed by atoms with E-state index in [9.17, 15) is 26.4 Å². The Morgan fingerprint density at radius 1 is 1.07 bits per heavy atom. The fourth-order valence-corrected chi connectivity index (χ4v) is 3.68. The minimum atomic E-state index is -4.49. The number of sulfonamides is 1. The molecular formula is C19H17F3N2O3S. The molecule has 1 aliphatic carbocycles. The third-order valence-corrected chi connectivity index (χ3v) is 5.51. The fraction of sp³-hybridized carbons (Fsp3) is 0.211. The maximum absolute atomic E-state index is 12.7. The molecule has 9 heteroatoms. The zero-order chi connectivity index (χ0) is 20.4. The van der Waals surface area contributed by atoms with Crippen LogP contribution < -0.4 is 10.0 Å². The molecule has 3 rings (SSSR count). The van der Waals surface area contributed by atoms with E-state index in [4.69, 9.17) is 0 Å². The first kappa shape index (κ1) is 20.1. The van der Waals surface area contributed by atoms with Crippen LogP contribution >= 0.6 is 0 Å². The Bertz CT molecular complexity index is 996. The highest BCUT2D eigenvalue weighted by molar-refractivity contribution is 7.89. The second-order valence-electron chi connectivity index (χ2n) is 6.37. The van der Waals surface area contributed by atoms with Gasteiger partial charge in [0, 0.05) is 17.8 Å². The number of amides is 1. The molecule has 2 aromatic carbocycles. The van der Waals surface area contributed by atoms with Crippen molar-refractivity contribution in [2.45, 2.75) is 30.0 Å². The molecule has 1 saturated carbocycles. The van der Waals surface area contributed by atoms with Gasteiger partial charge in [0.05, 0.1) is 10.5 Å². The van der Waals surface area contributed by atoms with E-state index in [2.05, 4.69) is 10.0 Å². The molecule has 2 aromatic rings. The van der Waals surface area contributed by atoms with Gasteiger partial charge in [0.15, 0.2) is 0 Å². The summed E-state index contributed by atoms with van der Waals surface area (Å²) in [7, 11) is -3.55. The Kier molecular flexibility index (Phi) is 5.57. The molecule has 0 aromatic heterocycles. The number of nitrogens with one attached hydrogen (secondary N) is 2. The van der Waals surface area contributed by atoms with Gasteiger partial charge in [0.2, 0.25) is 15.9 Å². The van der Waals surface area contributed by atoms with Gasteiger partial charge < -0.3 is 5.32 Å². The number of carbonyl (C=O) groups excluding carboxylic acids is 1. The van der Waals surface area contributed by atoms with Crippen molar-refractivity contribution >= 4 is 27.7 Å². The van der Waals surface area contributed by atoms with Crippen molar-refractivity contribution in [3.05, 3.63) is 65.7 Å². The summed E-state index contributed by atoms with van der Waals surface area (Å²) >= 11 is 0. The lowest BCUT2D eigenvalue weighted by Crippen LogP contribution is -2.25. The number of hydrogen-bond donors (Lipinski definition) is 2. The van der Waals surface area contributed by atoms with Crippen molar-refractivity contribution in [2.75, 3.05) is 5.32 Å². The highest BCUT2D eigenvalue weighted by Crippen LogP contribution is 2.30. The Morgan fingerprint density at radius 2 is 1.75 bits per heavy atom. The van der Waals surface area contributed by atoms with E-state index in [1.54, 1.807) is 0 Å². The number of hydrogen-bond acceptors (Lipinski definition) is 3. The van der Waals surface area contributed by atoms with Gasteiger partial charge in [-0.2, -0.15) is 13.2 Å². The predicted molar refractivity (Wildman–Crippen MR) is 98.9 cm³/mol. The van der Waals surface area contributed by atoms with Crippen LogP contribution in [0.4, 0.5) is 18.9 Å². The summed E-state index contributed by atoms with van der Waals surface area (Å²) in [6, 6.07) is 10.3. The maximum Gasteiger partial charge on any atom is 0.416 e. The van der Waals surface area contributed by atoms with Gasteiger partial charge in [-0.3, -0.25) is 4.79 Å². The van der Waals surface area contributed by atoms with E-state index >= 15 is 0 Å². The molecule has 0 spiro atoms. The largest absolute Gasteiger partial charge is 0.416 e. The zero-order valence-corrected chi connectivity index (χ0v) is 15.3. The van der Waals surface area contributed by atoms with Crippen LogP contribution in [0.25, 0.3) is 6.08 Å². The smallest absolute Gasteiger partial charge is 0.322 e. The zero-order valence-electron chi connectivity index (χ0n) is 14.5. The molecule has 0 aliphatic heterocycles. The molecule has 0 unspecified atom stereocenters. The summed E-state index contributed by atoms with van der Waals surface area (Å²) in [6.07, 6.45) is -0.227. The normalized spacial score (nSPS) is 15.0. The van der Waals surface area contributed by atoms with Crippen LogP contribution in [0.1, 0.15) is 24.0 Å². The molecule has 1 fully saturated rings. The molecule has 148 valence electrons. The van der Waals surface area contributed by atoms with Crippen LogP contribution in [0, 0.1) is 0 Å². The number of rotatable bonds is 6. The van der Waals surface area contributed by atoms with E-state index in [-0.39, 0.29) is 16.6 Å². The molecule has 0 bridgehead atoms. The third kappa shape index (κ3) is 5.43. The average Bonchev–Trinajstić information content (AvgIpc) is 3.43. The summed E-state index contributed by atoms with van der Waals surface area (Å²) in [6.45, 7) is 0. The van der Waals surface area contributed by atoms with Crippen molar-refractivity contribution in [1.82, 2.24) is 4.72 Å². The number of carbonyl (C=O) groups is 1. The topological polar surface area (TPSA) is 75.3 Å². The number of benzene rings is 2. The number of halogens is 3. The molecule has 5 nitrogen and oxygen atoms in total. The fourth-order valence-electron chi connectivity index (χ4n) is 2.38. The van der Waals surface area contributed by atoms with Crippen LogP contribution in [0.2, 0.25) is 0 Å². The lowest BCUT2D eigenvalue weighted by molar-refractivity contribution is -0.137. The van der Waals surface area contributed by atoms with E-state index in [0.717, 1.165) is 31.1 Å². The molecule has 1 aliphatic rings. The highest BCUT2D eigenvalue weighted by atomic mass is 32.2. The first-order valence-electron chi connectivity index (χ1n) is 8.42. The lowest BCUT2D eigenvalue weighted by atomic mass is 10.2. The molecule has 28 heavy (non-hydrogen) atoms. The monoisotopic (exact) mass is 410 g/mol. The average molecular weight is 410 g/mol. The Hall–Kier alpha value is -2.65. The standard InChI is InChI=1S/C19H17F3N2O3S/c20-19(21,22)14-2-1-3-16(12-14)23-18(25)11-6-13-4-9-17(10-5-13)28(26,27)24-15-7-8-15/h1-6,9-12,15,24H,7-8H2,(H,23,25)/b11-6+. The Morgan fingerprint density at radius 3 is 2.36 bits per heavy atom. The van der Waals surface area contributed by atoms with Crippen LogP contribution in [-0.2, 0) is 21.0 Å². The molecular weight excluding hydrogens is 393 g/mol. The van der Waals surface area contributed by atoms with Gasteiger partial charge >= 0.3 is 6.18 Å². The minimum absolute atomic E-state index is 0.00381. The summed E-state index contributed by atoms with van der Waals surface area (Å²) in [5.41, 5.74) is -0.257. The molecule has 0 heterocycles. The molecule has 0 saturated heterocycles. The van der Waals surface area contributed by atoms with Gasteiger partial charge in [-0.05, 0) is 54.8 Å². The van der Waals surface area contributed by atoms with Gasteiger partial charge in [0.25, 0.3) is 0 Å². The quantitative estimate of drug-likeness (QED) is 0.712. The third-order valence-electron chi connectivity index (χ3n) is 3.97. The lowest BCUT2D eigenvalue weighted by Gasteiger charge is -2.08. The van der Waals surface area contributed by atoms with Crippen LogP contribution in [0.5, 0.6) is 0 Å². The van der Waals surface area contributed by atoms with Crippen molar-refractivity contribution < 1.29 is 26.4 Å². The second kappa shape index (κ2) is 7.76.